The number of hydrogen-bond acceptors (Lipinski definition) is 5. The Labute approximate surface area is 122 Å². The van der Waals surface area contributed by atoms with Gasteiger partial charge in [-0.3, -0.25) is 0 Å². The molecule has 0 amide bonds. The van der Waals surface area contributed by atoms with Gasteiger partial charge in [0.25, 0.3) is 5.89 Å². The fraction of sp³-hybridized carbons (Fsp3) is 0.400. The van der Waals surface area contributed by atoms with Crippen molar-refractivity contribution in [3.05, 3.63) is 36.4 Å². The van der Waals surface area contributed by atoms with E-state index in [1.807, 2.05) is 24.4 Å². The number of nitrogens with zero attached hydrogens (tertiary/aromatic N) is 4. The van der Waals surface area contributed by atoms with Crippen LogP contribution in [0.15, 0.2) is 35.1 Å². The Morgan fingerprint density at radius 1 is 1.19 bits per heavy atom. The largest absolute Gasteiger partial charge is 0.334 e. The first-order valence-electron chi connectivity index (χ1n) is 7.32. The van der Waals surface area contributed by atoms with Crippen molar-refractivity contribution in [1.82, 2.24) is 19.8 Å². The maximum atomic E-state index is 6.45. The minimum atomic E-state index is -0.442. The van der Waals surface area contributed by atoms with Gasteiger partial charge in [0.05, 0.1) is 22.8 Å². The smallest absolute Gasteiger partial charge is 0.261 e. The van der Waals surface area contributed by atoms with Gasteiger partial charge in [0.2, 0.25) is 0 Å². The highest BCUT2D eigenvalue weighted by atomic mass is 16.5. The van der Waals surface area contributed by atoms with Crippen LogP contribution in [0.25, 0.3) is 17.0 Å². The molecule has 6 heteroatoms. The summed E-state index contributed by atoms with van der Waals surface area (Å²) >= 11 is 0. The van der Waals surface area contributed by atoms with Crippen LogP contribution in [0.5, 0.6) is 0 Å². The molecule has 2 N–H and O–H groups in total. The van der Waals surface area contributed by atoms with E-state index >= 15 is 0 Å². The number of rotatable bonds is 2. The van der Waals surface area contributed by atoms with Crippen molar-refractivity contribution in [3.8, 4) is 11.5 Å². The Balaban J connectivity index is 1.74. The van der Waals surface area contributed by atoms with E-state index in [2.05, 4.69) is 15.2 Å². The minimum absolute atomic E-state index is 0.442. The highest BCUT2D eigenvalue weighted by molar-refractivity contribution is 5.74. The van der Waals surface area contributed by atoms with Crippen LogP contribution in [0.1, 0.15) is 37.9 Å². The van der Waals surface area contributed by atoms with Gasteiger partial charge in [0.15, 0.2) is 5.82 Å². The molecule has 1 saturated carbocycles. The topological polar surface area (TPSA) is 82.2 Å². The van der Waals surface area contributed by atoms with E-state index in [1.165, 1.54) is 6.42 Å². The average Bonchev–Trinajstić information content (AvgIpc) is 3.15. The van der Waals surface area contributed by atoms with Crippen LogP contribution in [0.4, 0.5) is 0 Å². The molecule has 21 heavy (non-hydrogen) atoms. The predicted molar refractivity (Wildman–Crippen MR) is 77.4 cm³/mol. The van der Waals surface area contributed by atoms with Gasteiger partial charge in [0, 0.05) is 6.20 Å². The van der Waals surface area contributed by atoms with Crippen molar-refractivity contribution in [2.75, 3.05) is 0 Å². The maximum Gasteiger partial charge on any atom is 0.261 e. The van der Waals surface area contributed by atoms with E-state index in [0.29, 0.717) is 11.7 Å². The summed E-state index contributed by atoms with van der Waals surface area (Å²) in [5, 5.41) is 8.42. The Bertz CT molecular complexity index is 769. The number of aromatic nitrogens is 4. The van der Waals surface area contributed by atoms with Crippen molar-refractivity contribution in [3.63, 3.8) is 0 Å². The van der Waals surface area contributed by atoms with Crippen LogP contribution in [0.2, 0.25) is 0 Å². The number of nitrogens with two attached hydrogens (primary N) is 1. The Kier molecular flexibility index (Phi) is 2.78. The van der Waals surface area contributed by atoms with Crippen molar-refractivity contribution in [2.24, 2.45) is 5.73 Å². The standard InChI is InChI=1S/C15H17N5O/c16-15(7-3-1-4-8-15)14-18-13(21-19-14)11-10-17-20-9-5-2-6-12(11)20/h2,5-6,9-10H,1,3-4,7-8,16H2. The molecule has 6 nitrogen and oxygen atoms in total. The second-order valence-corrected chi connectivity index (χ2v) is 5.73. The SMILES string of the molecule is NC1(c2noc(-c3cnn4ccccc34)n2)CCCCC1. The fourth-order valence-electron chi connectivity index (χ4n) is 3.04. The number of fused-ring (bicyclic) bond motifs is 1. The molecule has 0 atom stereocenters. The third-order valence-electron chi connectivity index (χ3n) is 4.27. The predicted octanol–water partition coefficient (Wildman–Crippen LogP) is 2.50. The molecular weight excluding hydrogens is 266 g/mol. The first kappa shape index (κ1) is 12.5. The van der Waals surface area contributed by atoms with Crippen LogP contribution < -0.4 is 5.73 Å². The van der Waals surface area contributed by atoms with Crippen LogP contribution in [-0.4, -0.2) is 19.8 Å². The first-order chi connectivity index (χ1) is 10.3. The molecule has 0 unspecified atom stereocenters. The van der Waals surface area contributed by atoms with Gasteiger partial charge < -0.3 is 10.3 Å². The lowest BCUT2D eigenvalue weighted by Gasteiger charge is -2.29. The Morgan fingerprint density at radius 3 is 2.90 bits per heavy atom. The third kappa shape index (κ3) is 2.03. The zero-order chi connectivity index (χ0) is 14.3. The summed E-state index contributed by atoms with van der Waals surface area (Å²) in [5.74, 6) is 1.11. The van der Waals surface area contributed by atoms with Crippen LogP contribution >= 0.6 is 0 Å². The van der Waals surface area contributed by atoms with Crippen molar-refractivity contribution in [2.45, 2.75) is 37.6 Å². The average molecular weight is 283 g/mol. The van der Waals surface area contributed by atoms with Crippen molar-refractivity contribution >= 4 is 5.52 Å². The van der Waals surface area contributed by atoms with Crippen molar-refractivity contribution in [1.29, 1.82) is 0 Å². The van der Waals surface area contributed by atoms with E-state index < -0.39 is 5.54 Å². The molecule has 108 valence electrons. The molecule has 1 fully saturated rings. The fourth-order valence-corrected chi connectivity index (χ4v) is 3.04. The molecule has 3 aromatic rings. The number of pyridine rings is 1. The lowest BCUT2D eigenvalue weighted by Crippen LogP contribution is -2.39. The highest BCUT2D eigenvalue weighted by Gasteiger charge is 2.34. The van der Waals surface area contributed by atoms with E-state index in [9.17, 15) is 0 Å². The Hall–Kier alpha value is -2.21. The normalized spacial score (nSPS) is 18.1. The summed E-state index contributed by atoms with van der Waals surface area (Å²) in [7, 11) is 0. The molecule has 0 bridgehead atoms. The van der Waals surface area contributed by atoms with Gasteiger partial charge in [-0.2, -0.15) is 10.1 Å². The summed E-state index contributed by atoms with van der Waals surface area (Å²) in [6.45, 7) is 0. The molecule has 1 aliphatic rings. The Morgan fingerprint density at radius 2 is 2.05 bits per heavy atom. The van der Waals surface area contributed by atoms with E-state index in [4.69, 9.17) is 10.3 Å². The monoisotopic (exact) mass is 283 g/mol. The molecule has 3 heterocycles. The lowest BCUT2D eigenvalue weighted by molar-refractivity contribution is 0.275. The highest BCUT2D eigenvalue weighted by Crippen LogP contribution is 2.34. The minimum Gasteiger partial charge on any atom is -0.334 e. The summed E-state index contributed by atoms with van der Waals surface area (Å²) < 4.78 is 7.23. The van der Waals surface area contributed by atoms with Crippen LogP contribution in [0, 0.1) is 0 Å². The number of hydrogen-bond donors (Lipinski definition) is 1. The zero-order valence-electron chi connectivity index (χ0n) is 11.7. The molecule has 0 spiro atoms. The van der Waals surface area contributed by atoms with Gasteiger partial charge in [-0.25, -0.2) is 4.52 Å². The van der Waals surface area contributed by atoms with Gasteiger partial charge in [-0.1, -0.05) is 30.5 Å². The molecule has 0 saturated heterocycles. The van der Waals surface area contributed by atoms with E-state index in [1.54, 1.807) is 10.7 Å². The summed E-state index contributed by atoms with van der Waals surface area (Å²) in [5.41, 5.74) is 7.80. The quantitative estimate of drug-likeness (QED) is 0.781. The first-order valence-corrected chi connectivity index (χ1v) is 7.32. The van der Waals surface area contributed by atoms with Crippen LogP contribution in [0.3, 0.4) is 0 Å². The van der Waals surface area contributed by atoms with E-state index in [-0.39, 0.29) is 0 Å². The van der Waals surface area contributed by atoms with E-state index in [0.717, 1.165) is 36.8 Å². The molecule has 0 aliphatic heterocycles. The van der Waals surface area contributed by atoms with Gasteiger partial charge >= 0.3 is 0 Å². The van der Waals surface area contributed by atoms with Gasteiger partial charge in [0.1, 0.15) is 0 Å². The second-order valence-electron chi connectivity index (χ2n) is 5.73. The van der Waals surface area contributed by atoms with Gasteiger partial charge in [-0.15, -0.1) is 0 Å². The van der Waals surface area contributed by atoms with Crippen molar-refractivity contribution < 1.29 is 4.52 Å². The molecule has 1 aliphatic carbocycles. The summed E-state index contributed by atoms with van der Waals surface area (Å²) in [6.07, 6.45) is 8.95. The molecule has 3 aromatic heterocycles. The molecular formula is C15H17N5O. The second kappa shape index (κ2) is 4.66. The maximum absolute atomic E-state index is 6.45. The third-order valence-corrected chi connectivity index (χ3v) is 4.27. The zero-order valence-corrected chi connectivity index (χ0v) is 11.7. The summed E-state index contributed by atoms with van der Waals surface area (Å²) in [4.78, 5) is 4.54. The molecule has 4 rings (SSSR count). The molecule has 0 aromatic carbocycles. The lowest BCUT2D eigenvalue weighted by atomic mass is 9.82. The molecule has 0 radical (unpaired) electrons. The van der Waals surface area contributed by atoms with Gasteiger partial charge in [-0.05, 0) is 25.0 Å². The summed E-state index contributed by atoms with van der Waals surface area (Å²) in [6, 6.07) is 5.87. The van der Waals surface area contributed by atoms with Crippen LogP contribution in [-0.2, 0) is 5.54 Å².